The summed E-state index contributed by atoms with van der Waals surface area (Å²) in [6.45, 7) is 4.76. The van der Waals surface area contributed by atoms with E-state index < -0.39 is 5.60 Å². The lowest BCUT2D eigenvalue weighted by Gasteiger charge is -2.45. The molecule has 30 heavy (non-hydrogen) atoms. The molecule has 9 heteroatoms. The molecule has 0 radical (unpaired) electrons. The van der Waals surface area contributed by atoms with Crippen LogP contribution in [0.4, 0.5) is 15.0 Å². The minimum absolute atomic E-state index is 0.0239. The van der Waals surface area contributed by atoms with Crippen LogP contribution in [0.5, 0.6) is 0 Å². The second-order valence-corrected chi connectivity index (χ2v) is 9.23. The predicted octanol–water partition coefficient (Wildman–Crippen LogP) is 2.91. The van der Waals surface area contributed by atoms with Crippen LogP contribution in [-0.2, 0) is 4.74 Å². The second kappa shape index (κ2) is 7.23. The van der Waals surface area contributed by atoms with Gasteiger partial charge >= 0.3 is 6.09 Å². The van der Waals surface area contributed by atoms with Crippen molar-refractivity contribution in [3.8, 4) is 0 Å². The minimum atomic E-state index is -0.601. The van der Waals surface area contributed by atoms with E-state index in [1.54, 1.807) is 22.3 Å². The fraction of sp³-hybridized carbons (Fsp3) is 0.476. The number of anilines is 1. The molecule has 1 atom stereocenters. The SMILES string of the molecule is Cc1sccc1C(=O)N1CCN2C(=O)OC3(CCN(c4ccc(F)cn4)CC3)C2C1. The minimum Gasteiger partial charge on any atom is -0.440 e. The van der Waals surface area contributed by atoms with Gasteiger partial charge in [0.15, 0.2) is 0 Å². The molecule has 2 aromatic heterocycles. The van der Waals surface area contributed by atoms with Gasteiger partial charge in [0.1, 0.15) is 17.2 Å². The van der Waals surface area contributed by atoms with Crippen LogP contribution in [0.2, 0.25) is 0 Å². The highest BCUT2D eigenvalue weighted by atomic mass is 32.1. The molecule has 1 spiro atoms. The normalized spacial score (nSPS) is 22.9. The summed E-state index contributed by atoms with van der Waals surface area (Å²) in [7, 11) is 0. The number of thiophene rings is 1. The molecule has 5 heterocycles. The van der Waals surface area contributed by atoms with Crippen LogP contribution < -0.4 is 4.90 Å². The van der Waals surface area contributed by atoms with Crippen LogP contribution in [-0.4, -0.2) is 71.2 Å². The Balaban J connectivity index is 1.32. The molecule has 0 aliphatic carbocycles. The van der Waals surface area contributed by atoms with Crippen molar-refractivity contribution in [3.05, 3.63) is 46.0 Å². The summed E-state index contributed by atoms with van der Waals surface area (Å²) in [5.41, 5.74) is 0.140. The zero-order chi connectivity index (χ0) is 20.9. The third-order valence-corrected chi connectivity index (χ3v) is 7.38. The third-order valence-electron chi connectivity index (χ3n) is 6.53. The first-order chi connectivity index (χ1) is 14.5. The monoisotopic (exact) mass is 430 g/mol. The third kappa shape index (κ3) is 3.12. The van der Waals surface area contributed by atoms with Crippen LogP contribution in [0.3, 0.4) is 0 Å². The number of halogens is 1. The number of hydrogen-bond donors (Lipinski definition) is 0. The molecule has 0 N–H and O–H groups in total. The first kappa shape index (κ1) is 19.3. The number of rotatable bonds is 2. The number of aryl methyl sites for hydroxylation is 1. The highest BCUT2D eigenvalue weighted by Gasteiger charge is 2.57. The zero-order valence-electron chi connectivity index (χ0n) is 16.7. The lowest BCUT2D eigenvalue weighted by Crippen LogP contribution is -2.61. The van der Waals surface area contributed by atoms with E-state index in [4.69, 9.17) is 4.74 Å². The Labute approximate surface area is 178 Å². The lowest BCUT2D eigenvalue weighted by molar-refractivity contribution is -0.00320. The van der Waals surface area contributed by atoms with Gasteiger partial charge in [0, 0.05) is 50.4 Å². The molecule has 7 nitrogen and oxygen atoms in total. The van der Waals surface area contributed by atoms with Crippen molar-refractivity contribution in [1.82, 2.24) is 14.8 Å². The van der Waals surface area contributed by atoms with Gasteiger partial charge in [-0.15, -0.1) is 11.3 Å². The first-order valence-corrected chi connectivity index (χ1v) is 11.0. The van der Waals surface area contributed by atoms with E-state index in [2.05, 4.69) is 9.88 Å². The van der Waals surface area contributed by atoms with Crippen LogP contribution in [0.1, 0.15) is 28.1 Å². The fourth-order valence-electron chi connectivity index (χ4n) is 4.82. The molecular formula is C21H23FN4O3S. The standard InChI is InChI=1S/C21H23FN4O3S/c1-14-16(4-11-30-14)19(27)25-9-10-26-17(13-25)21(29-20(26)28)5-7-24(8-6-21)18-3-2-15(22)12-23-18/h2-4,11-12,17H,5-10,13H2,1H3. The Morgan fingerprint density at radius 2 is 2.03 bits per heavy atom. The van der Waals surface area contributed by atoms with Crippen LogP contribution in [0.25, 0.3) is 0 Å². The summed E-state index contributed by atoms with van der Waals surface area (Å²) in [5, 5.41) is 1.93. The summed E-state index contributed by atoms with van der Waals surface area (Å²) in [4.78, 5) is 36.5. The Morgan fingerprint density at radius 3 is 2.70 bits per heavy atom. The molecule has 3 fully saturated rings. The molecule has 0 bridgehead atoms. The molecule has 158 valence electrons. The number of carbonyl (C=O) groups excluding carboxylic acids is 2. The van der Waals surface area contributed by atoms with Crippen molar-refractivity contribution < 1.29 is 18.7 Å². The number of carbonyl (C=O) groups is 2. The van der Waals surface area contributed by atoms with E-state index in [1.165, 1.54) is 12.3 Å². The maximum absolute atomic E-state index is 13.2. The van der Waals surface area contributed by atoms with Gasteiger partial charge in [-0.3, -0.25) is 9.69 Å². The molecule has 0 aromatic carbocycles. The van der Waals surface area contributed by atoms with E-state index in [1.807, 2.05) is 23.3 Å². The van der Waals surface area contributed by atoms with Crippen molar-refractivity contribution >= 4 is 29.2 Å². The Morgan fingerprint density at radius 1 is 1.23 bits per heavy atom. The van der Waals surface area contributed by atoms with Crippen molar-refractivity contribution in [1.29, 1.82) is 0 Å². The quantitative estimate of drug-likeness (QED) is 0.733. The van der Waals surface area contributed by atoms with Crippen LogP contribution in [0, 0.1) is 12.7 Å². The number of ether oxygens (including phenoxy) is 1. The number of aromatic nitrogens is 1. The average Bonchev–Trinajstić information content (AvgIpc) is 3.30. The van der Waals surface area contributed by atoms with Gasteiger partial charge in [-0.2, -0.15) is 0 Å². The summed E-state index contributed by atoms with van der Waals surface area (Å²) in [5.74, 6) is 0.386. The van der Waals surface area contributed by atoms with Gasteiger partial charge in [0.25, 0.3) is 5.91 Å². The lowest BCUT2D eigenvalue weighted by atomic mass is 9.83. The van der Waals surface area contributed by atoms with Gasteiger partial charge in [0.05, 0.1) is 17.8 Å². The number of fused-ring (bicyclic) bond motifs is 2. The van der Waals surface area contributed by atoms with E-state index >= 15 is 0 Å². The number of amides is 2. The van der Waals surface area contributed by atoms with Crippen molar-refractivity contribution in [3.63, 3.8) is 0 Å². The van der Waals surface area contributed by atoms with E-state index in [-0.39, 0.29) is 23.9 Å². The van der Waals surface area contributed by atoms with Gasteiger partial charge in [0.2, 0.25) is 0 Å². The first-order valence-electron chi connectivity index (χ1n) is 10.2. The highest BCUT2D eigenvalue weighted by Crippen LogP contribution is 2.41. The number of hydrogen-bond acceptors (Lipinski definition) is 6. The topological polar surface area (TPSA) is 66.0 Å². The van der Waals surface area contributed by atoms with Crippen molar-refractivity contribution in [2.24, 2.45) is 0 Å². The molecular weight excluding hydrogens is 407 g/mol. The molecule has 5 rings (SSSR count). The Hall–Kier alpha value is -2.68. The van der Waals surface area contributed by atoms with E-state index in [9.17, 15) is 14.0 Å². The summed E-state index contributed by atoms with van der Waals surface area (Å²) in [6.07, 6.45) is 2.23. The van der Waals surface area contributed by atoms with Crippen molar-refractivity contribution in [2.45, 2.75) is 31.4 Å². The molecule has 2 amide bonds. The second-order valence-electron chi connectivity index (χ2n) is 8.11. The number of pyridine rings is 1. The van der Waals surface area contributed by atoms with Gasteiger partial charge in [-0.05, 0) is 30.5 Å². The Kier molecular flexibility index (Phi) is 4.65. The number of nitrogens with zero attached hydrogens (tertiary/aromatic N) is 4. The molecule has 3 saturated heterocycles. The molecule has 1 unspecified atom stereocenters. The average molecular weight is 431 g/mol. The van der Waals surface area contributed by atoms with Gasteiger partial charge in [-0.1, -0.05) is 0 Å². The van der Waals surface area contributed by atoms with E-state index in [0.29, 0.717) is 45.6 Å². The largest absolute Gasteiger partial charge is 0.440 e. The summed E-state index contributed by atoms with van der Waals surface area (Å²) < 4.78 is 19.1. The molecule has 3 aliphatic rings. The zero-order valence-corrected chi connectivity index (χ0v) is 17.5. The maximum atomic E-state index is 13.2. The summed E-state index contributed by atoms with van der Waals surface area (Å²) in [6, 6.07) is 4.80. The smallest absolute Gasteiger partial charge is 0.410 e. The number of piperidine rings is 1. The Bertz CT molecular complexity index is 971. The number of piperazine rings is 1. The highest BCUT2D eigenvalue weighted by molar-refractivity contribution is 7.10. The predicted molar refractivity (Wildman–Crippen MR) is 110 cm³/mol. The molecule has 3 aliphatic heterocycles. The molecule has 2 aromatic rings. The fourth-order valence-corrected chi connectivity index (χ4v) is 5.51. The maximum Gasteiger partial charge on any atom is 0.410 e. The summed E-state index contributed by atoms with van der Waals surface area (Å²) >= 11 is 1.57. The van der Waals surface area contributed by atoms with Gasteiger partial charge in [-0.25, -0.2) is 14.2 Å². The van der Waals surface area contributed by atoms with Gasteiger partial charge < -0.3 is 14.5 Å². The van der Waals surface area contributed by atoms with Crippen molar-refractivity contribution in [2.75, 3.05) is 37.6 Å². The van der Waals surface area contributed by atoms with E-state index in [0.717, 1.165) is 16.3 Å². The van der Waals surface area contributed by atoms with Crippen LogP contribution in [0.15, 0.2) is 29.8 Å². The van der Waals surface area contributed by atoms with Crippen LogP contribution >= 0.6 is 11.3 Å². The molecule has 0 saturated carbocycles.